The minimum atomic E-state index is -0.0240. The Labute approximate surface area is 123 Å². The van der Waals surface area contributed by atoms with Crippen LogP contribution in [0.15, 0.2) is 0 Å². The van der Waals surface area contributed by atoms with E-state index in [4.69, 9.17) is 0 Å². The van der Waals surface area contributed by atoms with Crippen molar-refractivity contribution in [2.45, 2.75) is 32.7 Å². The van der Waals surface area contributed by atoms with Crippen molar-refractivity contribution in [1.29, 1.82) is 5.26 Å². The third-order valence-electron chi connectivity index (χ3n) is 3.60. The average molecular weight is 293 g/mol. The monoisotopic (exact) mass is 293 g/mol. The molecule has 0 radical (unpaired) electrons. The predicted octanol–water partition coefficient (Wildman–Crippen LogP) is 1.30. The van der Waals surface area contributed by atoms with Crippen LogP contribution in [0.4, 0.5) is 0 Å². The second-order valence-corrected chi connectivity index (χ2v) is 5.70. The van der Waals surface area contributed by atoms with Crippen molar-refractivity contribution in [3.63, 3.8) is 0 Å². The fourth-order valence-electron chi connectivity index (χ4n) is 2.41. The number of nitrogens with zero attached hydrogens (tertiary/aromatic N) is 5. The van der Waals surface area contributed by atoms with Gasteiger partial charge in [0, 0.05) is 26.2 Å². The highest BCUT2D eigenvalue weighted by Gasteiger charge is 2.27. The van der Waals surface area contributed by atoms with Gasteiger partial charge in [-0.1, -0.05) is 17.8 Å². The summed E-state index contributed by atoms with van der Waals surface area (Å²) in [7, 11) is 0. The van der Waals surface area contributed by atoms with E-state index in [-0.39, 0.29) is 11.9 Å². The first kappa shape index (κ1) is 14.9. The zero-order valence-corrected chi connectivity index (χ0v) is 12.7. The van der Waals surface area contributed by atoms with E-state index in [1.807, 2.05) is 4.90 Å². The second kappa shape index (κ2) is 6.77. The van der Waals surface area contributed by atoms with Gasteiger partial charge in [0.15, 0.2) is 0 Å². The molecule has 0 bridgehead atoms. The highest BCUT2D eigenvalue weighted by atomic mass is 32.1. The molecule has 1 aliphatic heterocycles. The van der Waals surface area contributed by atoms with Crippen molar-refractivity contribution >= 4 is 17.4 Å². The van der Waals surface area contributed by atoms with Crippen LogP contribution in [0.3, 0.4) is 0 Å². The Bertz CT molecular complexity index is 501. The fourth-order valence-corrected chi connectivity index (χ4v) is 3.04. The van der Waals surface area contributed by atoms with Crippen LogP contribution < -0.4 is 0 Å². The Morgan fingerprint density at radius 2 is 2.15 bits per heavy atom. The van der Waals surface area contributed by atoms with Gasteiger partial charge in [-0.05, 0) is 24.9 Å². The summed E-state index contributed by atoms with van der Waals surface area (Å²) >= 11 is 1.15. The van der Waals surface area contributed by atoms with Crippen molar-refractivity contribution in [3.05, 3.63) is 10.6 Å². The molecule has 0 saturated carbocycles. The third-order valence-corrected chi connectivity index (χ3v) is 4.42. The molecule has 6 nitrogen and oxygen atoms in total. The highest BCUT2D eigenvalue weighted by Crippen LogP contribution is 2.16. The summed E-state index contributed by atoms with van der Waals surface area (Å²) in [5, 5.41) is 13.1. The lowest BCUT2D eigenvalue weighted by molar-refractivity contribution is 0.0605. The first-order valence-corrected chi connectivity index (χ1v) is 7.66. The largest absolute Gasteiger partial charge is 0.335 e. The quantitative estimate of drug-likeness (QED) is 0.836. The van der Waals surface area contributed by atoms with Crippen LogP contribution in [0.25, 0.3) is 0 Å². The standard InChI is InChI=1S/C13H19N5OS/c1-3-4-11(9-14)17-5-7-18(8-6-17)13(19)12-10(2)15-16-20-12/h11H,3-8H2,1-2H3. The van der Waals surface area contributed by atoms with Crippen molar-refractivity contribution < 1.29 is 4.79 Å². The molecule has 20 heavy (non-hydrogen) atoms. The van der Waals surface area contributed by atoms with Crippen molar-refractivity contribution in [3.8, 4) is 6.07 Å². The number of amides is 1. The van der Waals surface area contributed by atoms with Crippen LogP contribution >= 0.6 is 11.5 Å². The van der Waals surface area contributed by atoms with Crippen LogP contribution in [0.2, 0.25) is 0 Å². The Morgan fingerprint density at radius 3 is 2.65 bits per heavy atom. The van der Waals surface area contributed by atoms with Crippen LogP contribution in [0.5, 0.6) is 0 Å². The van der Waals surface area contributed by atoms with Crippen LogP contribution in [-0.4, -0.2) is 57.5 Å². The molecule has 0 N–H and O–H groups in total. The maximum absolute atomic E-state index is 12.3. The lowest BCUT2D eigenvalue weighted by Gasteiger charge is -2.36. The molecule has 1 fully saturated rings. The van der Waals surface area contributed by atoms with E-state index in [0.717, 1.165) is 37.5 Å². The van der Waals surface area contributed by atoms with Gasteiger partial charge >= 0.3 is 0 Å². The van der Waals surface area contributed by atoms with E-state index < -0.39 is 0 Å². The molecule has 1 amide bonds. The van der Waals surface area contributed by atoms with Gasteiger partial charge in [-0.2, -0.15) is 5.26 Å². The number of rotatable bonds is 4. The molecule has 1 unspecified atom stereocenters. The molecule has 0 spiro atoms. The van der Waals surface area contributed by atoms with Crippen molar-refractivity contribution in [1.82, 2.24) is 19.4 Å². The van der Waals surface area contributed by atoms with Gasteiger partial charge in [-0.15, -0.1) is 5.10 Å². The smallest absolute Gasteiger partial charge is 0.267 e. The van der Waals surface area contributed by atoms with Crippen LogP contribution in [-0.2, 0) is 0 Å². The van der Waals surface area contributed by atoms with Crippen molar-refractivity contribution in [2.75, 3.05) is 26.2 Å². The van der Waals surface area contributed by atoms with Crippen LogP contribution in [0.1, 0.15) is 35.1 Å². The Hall–Kier alpha value is -1.52. The Morgan fingerprint density at radius 1 is 1.45 bits per heavy atom. The molecule has 1 aromatic rings. The van der Waals surface area contributed by atoms with E-state index in [2.05, 4.69) is 27.5 Å². The SMILES string of the molecule is CCCC(C#N)N1CCN(C(=O)c2snnc2C)CC1. The molecule has 0 aliphatic carbocycles. The predicted molar refractivity (Wildman–Crippen MR) is 76.4 cm³/mol. The lowest BCUT2D eigenvalue weighted by atomic mass is 10.1. The summed E-state index contributed by atoms with van der Waals surface area (Å²) in [5.41, 5.74) is 0.698. The number of piperazine rings is 1. The van der Waals surface area contributed by atoms with E-state index in [1.54, 1.807) is 6.92 Å². The number of carbonyl (C=O) groups is 1. The van der Waals surface area contributed by atoms with Gasteiger partial charge in [0.25, 0.3) is 5.91 Å². The topological polar surface area (TPSA) is 73.1 Å². The van der Waals surface area contributed by atoms with E-state index in [9.17, 15) is 10.1 Å². The number of hydrogen-bond donors (Lipinski definition) is 0. The molecule has 1 saturated heterocycles. The van der Waals surface area contributed by atoms with Gasteiger partial charge in [-0.25, -0.2) is 0 Å². The molecule has 2 heterocycles. The van der Waals surface area contributed by atoms with Crippen molar-refractivity contribution in [2.24, 2.45) is 0 Å². The summed E-state index contributed by atoms with van der Waals surface area (Å²) in [5.74, 6) is 0.0150. The summed E-state index contributed by atoms with van der Waals surface area (Å²) in [4.78, 5) is 17.0. The Kier molecular flexibility index (Phi) is 5.04. The highest BCUT2D eigenvalue weighted by molar-refractivity contribution is 7.07. The summed E-state index contributed by atoms with van der Waals surface area (Å²) in [6.45, 7) is 6.74. The van der Waals surface area contributed by atoms with Gasteiger partial charge in [-0.3, -0.25) is 9.69 Å². The maximum Gasteiger partial charge on any atom is 0.267 e. The molecule has 0 aromatic carbocycles. The van der Waals surface area contributed by atoms with E-state index >= 15 is 0 Å². The summed E-state index contributed by atoms with van der Waals surface area (Å²) in [6.07, 6.45) is 1.89. The third kappa shape index (κ3) is 3.14. The molecular weight excluding hydrogens is 274 g/mol. The molecule has 2 rings (SSSR count). The fraction of sp³-hybridized carbons (Fsp3) is 0.692. The molecular formula is C13H19N5OS. The second-order valence-electron chi connectivity index (χ2n) is 4.95. The number of aromatic nitrogens is 2. The molecule has 1 aliphatic rings. The zero-order valence-electron chi connectivity index (χ0n) is 11.9. The number of nitriles is 1. The van der Waals surface area contributed by atoms with Gasteiger partial charge < -0.3 is 4.90 Å². The maximum atomic E-state index is 12.3. The molecule has 1 aromatic heterocycles. The van der Waals surface area contributed by atoms with E-state index in [1.165, 1.54) is 0 Å². The Balaban J connectivity index is 1.93. The first-order valence-electron chi connectivity index (χ1n) is 6.89. The summed E-state index contributed by atoms with van der Waals surface area (Å²) in [6, 6.07) is 2.33. The first-order chi connectivity index (χ1) is 9.67. The number of hydrogen-bond acceptors (Lipinski definition) is 6. The van der Waals surface area contributed by atoms with Gasteiger partial charge in [0.1, 0.15) is 4.88 Å². The minimum Gasteiger partial charge on any atom is -0.335 e. The summed E-state index contributed by atoms with van der Waals surface area (Å²) < 4.78 is 3.81. The molecule has 108 valence electrons. The van der Waals surface area contributed by atoms with Gasteiger partial charge in [0.05, 0.1) is 17.8 Å². The number of carbonyl (C=O) groups excluding carboxylic acids is 1. The number of aryl methyl sites for hydroxylation is 1. The zero-order chi connectivity index (χ0) is 14.5. The lowest BCUT2D eigenvalue weighted by Crippen LogP contribution is -2.51. The normalized spacial score (nSPS) is 17.8. The molecule has 1 atom stereocenters. The van der Waals surface area contributed by atoms with E-state index in [0.29, 0.717) is 23.7 Å². The minimum absolute atomic E-state index is 0.0150. The van der Waals surface area contributed by atoms with Crippen LogP contribution in [0, 0.1) is 18.3 Å². The average Bonchev–Trinajstić information content (AvgIpc) is 2.90. The van der Waals surface area contributed by atoms with Gasteiger partial charge in [0.2, 0.25) is 0 Å². The molecule has 7 heteroatoms.